The molecule has 3 aromatic rings. The third kappa shape index (κ3) is 1.41. The van der Waals surface area contributed by atoms with Crippen LogP contribution in [-0.2, 0) is 0 Å². The maximum atomic E-state index is 2.22. The molecule has 0 saturated heterocycles. The lowest BCUT2D eigenvalue weighted by Crippen LogP contribution is -1.91. The monoisotopic (exact) mass is 207 g/mol. The van der Waals surface area contributed by atoms with Gasteiger partial charge in [-0.25, -0.2) is 0 Å². The van der Waals surface area contributed by atoms with Crippen LogP contribution in [0, 0.1) is 6.92 Å². The van der Waals surface area contributed by atoms with Gasteiger partial charge >= 0.3 is 0 Å². The summed E-state index contributed by atoms with van der Waals surface area (Å²) < 4.78 is 2.22. The van der Waals surface area contributed by atoms with E-state index in [0.717, 1.165) is 0 Å². The van der Waals surface area contributed by atoms with E-state index in [0.29, 0.717) is 0 Å². The molecule has 1 aromatic heterocycles. The molecule has 1 nitrogen and oxygen atoms in total. The van der Waals surface area contributed by atoms with Crippen LogP contribution in [0.5, 0.6) is 0 Å². The largest absolute Gasteiger partial charge is 0.317 e. The minimum atomic E-state index is 1.22. The summed E-state index contributed by atoms with van der Waals surface area (Å²) >= 11 is 0. The molecule has 0 atom stereocenters. The summed E-state index contributed by atoms with van der Waals surface area (Å²) in [7, 11) is 0. The third-order valence-electron chi connectivity index (χ3n) is 2.88. The molecule has 0 saturated carbocycles. The normalized spacial score (nSPS) is 10.8. The van der Waals surface area contributed by atoms with Gasteiger partial charge in [0.1, 0.15) is 0 Å². The van der Waals surface area contributed by atoms with Crippen LogP contribution >= 0.6 is 0 Å². The van der Waals surface area contributed by atoms with Gasteiger partial charge in [-0.2, -0.15) is 0 Å². The van der Waals surface area contributed by atoms with Crippen LogP contribution in [0.25, 0.3) is 16.6 Å². The first-order chi connectivity index (χ1) is 7.84. The summed E-state index contributed by atoms with van der Waals surface area (Å²) in [5.74, 6) is 0. The zero-order chi connectivity index (χ0) is 11.0. The van der Waals surface area contributed by atoms with E-state index in [1.54, 1.807) is 0 Å². The highest BCUT2D eigenvalue weighted by Crippen LogP contribution is 2.20. The highest BCUT2D eigenvalue weighted by Gasteiger charge is 2.01. The quantitative estimate of drug-likeness (QED) is 0.569. The Balaban J connectivity index is 2.26. The fourth-order valence-corrected chi connectivity index (χ4v) is 2.09. The van der Waals surface area contributed by atoms with Crippen molar-refractivity contribution in [2.45, 2.75) is 6.92 Å². The second kappa shape index (κ2) is 3.53. The summed E-state index contributed by atoms with van der Waals surface area (Å²) in [6.07, 6.45) is 2.12. The molecular formula is C15H13N. The van der Waals surface area contributed by atoms with Crippen LogP contribution < -0.4 is 0 Å². The molecular weight excluding hydrogens is 194 g/mol. The second-order valence-electron chi connectivity index (χ2n) is 4.08. The molecule has 0 unspecified atom stereocenters. The van der Waals surface area contributed by atoms with Crippen LogP contribution in [0.4, 0.5) is 0 Å². The maximum absolute atomic E-state index is 2.22. The first-order valence-electron chi connectivity index (χ1n) is 5.48. The minimum absolute atomic E-state index is 1.22. The van der Waals surface area contributed by atoms with Gasteiger partial charge in [0.05, 0.1) is 5.52 Å². The molecule has 3 rings (SSSR count). The van der Waals surface area contributed by atoms with Crippen molar-refractivity contribution in [1.29, 1.82) is 0 Å². The van der Waals surface area contributed by atoms with E-state index >= 15 is 0 Å². The fourth-order valence-electron chi connectivity index (χ4n) is 2.09. The molecule has 1 heteroatoms. The zero-order valence-electron chi connectivity index (χ0n) is 9.22. The Kier molecular flexibility index (Phi) is 2.03. The molecule has 0 aliphatic rings. The van der Waals surface area contributed by atoms with E-state index in [2.05, 4.69) is 72.3 Å². The molecule has 16 heavy (non-hydrogen) atoms. The van der Waals surface area contributed by atoms with Crippen LogP contribution in [-0.4, -0.2) is 4.57 Å². The molecule has 0 aliphatic carbocycles. The number of para-hydroxylation sites is 1. The van der Waals surface area contributed by atoms with E-state index < -0.39 is 0 Å². The van der Waals surface area contributed by atoms with E-state index in [4.69, 9.17) is 0 Å². The first kappa shape index (κ1) is 9.22. The van der Waals surface area contributed by atoms with E-state index in [1.165, 1.54) is 22.2 Å². The van der Waals surface area contributed by atoms with E-state index in [1.807, 2.05) is 0 Å². The highest BCUT2D eigenvalue weighted by molar-refractivity contribution is 5.81. The number of rotatable bonds is 1. The van der Waals surface area contributed by atoms with Crippen molar-refractivity contribution in [3.63, 3.8) is 0 Å². The number of aryl methyl sites for hydroxylation is 1. The molecule has 0 spiro atoms. The number of benzene rings is 2. The number of fused-ring (bicyclic) bond motifs is 1. The Bertz CT molecular complexity index is 634. The SMILES string of the molecule is Cc1cccc(-n2ccc3ccccc32)c1. The van der Waals surface area contributed by atoms with Crippen molar-refractivity contribution in [3.05, 3.63) is 66.4 Å². The van der Waals surface area contributed by atoms with Crippen LogP contribution in [0.3, 0.4) is 0 Å². The lowest BCUT2D eigenvalue weighted by molar-refractivity contribution is 1.12. The Hall–Kier alpha value is -2.02. The summed E-state index contributed by atoms with van der Waals surface area (Å²) in [5.41, 5.74) is 3.77. The molecule has 2 aromatic carbocycles. The van der Waals surface area contributed by atoms with Gasteiger partial charge in [-0.3, -0.25) is 0 Å². The topological polar surface area (TPSA) is 4.93 Å². The van der Waals surface area contributed by atoms with Crippen molar-refractivity contribution in [3.8, 4) is 5.69 Å². The maximum Gasteiger partial charge on any atom is 0.0528 e. The lowest BCUT2D eigenvalue weighted by atomic mass is 10.2. The van der Waals surface area contributed by atoms with Crippen LogP contribution in [0.1, 0.15) is 5.56 Å². The Morgan fingerprint density at radius 2 is 1.75 bits per heavy atom. The van der Waals surface area contributed by atoms with Crippen molar-refractivity contribution in [1.82, 2.24) is 4.57 Å². The van der Waals surface area contributed by atoms with Gasteiger partial charge in [0.2, 0.25) is 0 Å². The molecule has 0 fully saturated rings. The Morgan fingerprint density at radius 1 is 0.875 bits per heavy atom. The van der Waals surface area contributed by atoms with Gasteiger partial charge in [-0.05, 0) is 42.1 Å². The lowest BCUT2D eigenvalue weighted by Gasteiger charge is -2.06. The zero-order valence-corrected chi connectivity index (χ0v) is 9.22. The predicted molar refractivity (Wildman–Crippen MR) is 68.0 cm³/mol. The standard InChI is InChI=1S/C15H13N/c1-12-5-4-7-14(11-12)16-10-9-13-6-2-3-8-15(13)16/h2-11H,1H3. The van der Waals surface area contributed by atoms with Gasteiger partial charge in [0, 0.05) is 11.9 Å². The Morgan fingerprint density at radius 3 is 2.62 bits per heavy atom. The highest BCUT2D eigenvalue weighted by atomic mass is 15.0. The molecule has 78 valence electrons. The van der Waals surface area contributed by atoms with Gasteiger partial charge in [-0.15, -0.1) is 0 Å². The van der Waals surface area contributed by atoms with Crippen molar-refractivity contribution < 1.29 is 0 Å². The molecule has 0 bridgehead atoms. The van der Waals surface area contributed by atoms with Crippen LogP contribution in [0.2, 0.25) is 0 Å². The molecule has 0 aliphatic heterocycles. The molecule has 1 heterocycles. The van der Waals surface area contributed by atoms with Gasteiger partial charge in [0.25, 0.3) is 0 Å². The summed E-state index contributed by atoms with van der Waals surface area (Å²) in [5, 5.41) is 1.28. The van der Waals surface area contributed by atoms with Crippen molar-refractivity contribution in [2.24, 2.45) is 0 Å². The fraction of sp³-hybridized carbons (Fsp3) is 0.0667. The minimum Gasteiger partial charge on any atom is -0.317 e. The Labute approximate surface area is 95.0 Å². The molecule has 0 N–H and O–H groups in total. The smallest absolute Gasteiger partial charge is 0.0528 e. The summed E-state index contributed by atoms with van der Waals surface area (Å²) in [6.45, 7) is 2.12. The predicted octanol–water partition coefficient (Wildman–Crippen LogP) is 3.94. The van der Waals surface area contributed by atoms with Crippen LogP contribution in [0.15, 0.2) is 60.8 Å². The van der Waals surface area contributed by atoms with Crippen molar-refractivity contribution in [2.75, 3.05) is 0 Å². The third-order valence-corrected chi connectivity index (χ3v) is 2.88. The van der Waals surface area contributed by atoms with Gasteiger partial charge in [0.15, 0.2) is 0 Å². The average Bonchev–Trinajstić information content (AvgIpc) is 2.72. The second-order valence-corrected chi connectivity index (χ2v) is 4.08. The number of nitrogens with zero attached hydrogens (tertiary/aromatic N) is 1. The molecule has 0 amide bonds. The number of hydrogen-bond acceptors (Lipinski definition) is 0. The molecule has 0 radical (unpaired) electrons. The van der Waals surface area contributed by atoms with Gasteiger partial charge < -0.3 is 4.57 Å². The summed E-state index contributed by atoms with van der Waals surface area (Å²) in [6, 6.07) is 19.1. The average molecular weight is 207 g/mol. The van der Waals surface area contributed by atoms with E-state index in [-0.39, 0.29) is 0 Å². The number of aromatic nitrogens is 1. The van der Waals surface area contributed by atoms with E-state index in [9.17, 15) is 0 Å². The summed E-state index contributed by atoms with van der Waals surface area (Å²) in [4.78, 5) is 0. The van der Waals surface area contributed by atoms with Gasteiger partial charge in [-0.1, -0.05) is 30.3 Å². The van der Waals surface area contributed by atoms with Crippen molar-refractivity contribution >= 4 is 10.9 Å². The first-order valence-corrected chi connectivity index (χ1v) is 5.48. The number of hydrogen-bond donors (Lipinski definition) is 0.